The molecule has 0 aliphatic heterocycles. The molecule has 2 amide bonds. The predicted octanol–water partition coefficient (Wildman–Crippen LogP) is 9.83. The molecule has 1 heterocycles. The summed E-state index contributed by atoms with van der Waals surface area (Å²) in [5, 5.41) is 15.4. The number of nitrogens with one attached hydrogen (secondary N) is 2. The van der Waals surface area contributed by atoms with Gasteiger partial charge >= 0.3 is 5.97 Å². The van der Waals surface area contributed by atoms with Crippen LogP contribution in [0.4, 0.5) is 0 Å². The van der Waals surface area contributed by atoms with Crippen LogP contribution in [0, 0.1) is 0 Å². The number of carbonyl (C=O) groups is 3. The van der Waals surface area contributed by atoms with Crippen molar-refractivity contribution in [3.8, 4) is 16.9 Å². The lowest BCUT2D eigenvalue weighted by Gasteiger charge is -2.24. The van der Waals surface area contributed by atoms with Crippen molar-refractivity contribution < 1.29 is 24.2 Å². The van der Waals surface area contributed by atoms with Crippen LogP contribution in [0.3, 0.4) is 0 Å². The lowest BCUT2D eigenvalue weighted by Crippen LogP contribution is -2.48. The third kappa shape index (κ3) is 13.5. The van der Waals surface area contributed by atoms with Crippen molar-refractivity contribution in [2.45, 2.75) is 97.1 Å². The number of benzene rings is 3. The summed E-state index contributed by atoms with van der Waals surface area (Å²) >= 11 is 0. The first-order valence-electron chi connectivity index (χ1n) is 19.4. The van der Waals surface area contributed by atoms with E-state index in [4.69, 9.17) is 4.74 Å². The number of aliphatic carboxylic acids is 1. The third-order valence-corrected chi connectivity index (χ3v) is 9.42. The summed E-state index contributed by atoms with van der Waals surface area (Å²) < 4.78 is 5.91. The van der Waals surface area contributed by atoms with Gasteiger partial charge in [-0.25, -0.2) is 9.97 Å². The molecular weight excluding hydrogens is 701 g/mol. The molecule has 3 N–H and O–H groups in total. The van der Waals surface area contributed by atoms with Crippen molar-refractivity contribution in [3.63, 3.8) is 0 Å². The number of nitrogens with zero attached hydrogens (tertiary/aromatic N) is 2. The average molecular weight is 757 g/mol. The molecule has 1 unspecified atom stereocenters. The van der Waals surface area contributed by atoms with E-state index < -0.39 is 29.9 Å². The topological polar surface area (TPSA) is 131 Å². The maximum Gasteiger partial charge on any atom is 0.305 e. The van der Waals surface area contributed by atoms with Gasteiger partial charge < -0.3 is 20.5 Å². The van der Waals surface area contributed by atoms with Crippen molar-refractivity contribution in [2.24, 2.45) is 0 Å². The van der Waals surface area contributed by atoms with E-state index in [-0.39, 0.29) is 18.3 Å². The molecule has 0 radical (unpaired) electrons. The summed E-state index contributed by atoms with van der Waals surface area (Å²) in [6.07, 6.45) is 14.8. The van der Waals surface area contributed by atoms with Crippen LogP contribution in [0.25, 0.3) is 16.7 Å². The fourth-order valence-corrected chi connectivity index (χ4v) is 6.06. The van der Waals surface area contributed by atoms with Crippen LogP contribution in [0.1, 0.15) is 113 Å². The Morgan fingerprint density at radius 2 is 1.48 bits per heavy atom. The van der Waals surface area contributed by atoms with Gasteiger partial charge in [0.1, 0.15) is 11.8 Å². The largest absolute Gasteiger partial charge is 0.494 e. The molecule has 1 aromatic heterocycles. The Kier molecular flexibility index (Phi) is 16.3. The number of unbranched alkanes of at least 4 members (excludes halogenated alkanes) is 4. The molecule has 0 bridgehead atoms. The van der Waals surface area contributed by atoms with Crippen molar-refractivity contribution in [1.82, 2.24) is 20.6 Å². The third-order valence-electron chi connectivity index (χ3n) is 9.42. The van der Waals surface area contributed by atoms with Crippen LogP contribution in [0.2, 0.25) is 0 Å². The van der Waals surface area contributed by atoms with Crippen LogP contribution in [0.15, 0.2) is 122 Å². The Balaban J connectivity index is 1.45. The van der Waals surface area contributed by atoms with Gasteiger partial charge in [-0.2, -0.15) is 0 Å². The first kappa shape index (κ1) is 42.9. The molecule has 294 valence electrons. The molecular formula is C47H56N4O5. The van der Waals surface area contributed by atoms with Gasteiger partial charge in [-0.15, -0.1) is 0 Å². The number of hydrogen-bond donors (Lipinski definition) is 3. The number of carbonyl (C=O) groups excluding carboxylic acids is 2. The summed E-state index contributed by atoms with van der Waals surface area (Å²) in [7, 11) is 0. The lowest BCUT2D eigenvalue weighted by molar-refractivity contribution is -0.137. The molecule has 0 saturated heterocycles. The van der Waals surface area contributed by atoms with Gasteiger partial charge in [-0.3, -0.25) is 14.4 Å². The summed E-state index contributed by atoms with van der Waals surface area (Å²) in [4.78, 5) is 48.4. The molecule has 0 spiro atoms. The van der Waals surface area contributed by atoms with Gasteiger partial charge in [0, 0.05) is 35.5 Å². The van der Waals surface area contributed by atoms with Gasteiger partial charge in [0.2, 0.25) is 5.91 Å². The van der Waals surface area contributed by atoms with E-state index in [2.05, 4.69) is 54.9 Å². The minimum Gasteiger partial charge on any atom is -0.494 e. The van der Waals surface area contributed by atoms with Gasteiger partial charge in [-0.05, 0) is 59.7 Å². The van der Waals surface area contributed by atoms with Crippen molar-refractivity contribution >= 4 is 23.4 Å². The SMILES string of the molecule is C=C(/C=C\C(=C/C)c1ncc(-c2ccc(OCCCCCCC)cc2)cn1)C[C@H](NC(=O)c1ccc(C(C)(C)C)cc1)C(=O)NC(CC(=O)O)c1ccccc1. The zero-order valence-electron chi connectivity index (χ0n) is 33.4. The first-order valence-corrected chi connectivity index (χ1v) is 19.4. The number of allylic oxidation sites excluding steroid dienone is 4. The summed E-state index contributed by atoms with van der Waals surface area (Å²) in [6.45, 7) is 15.3. The number of aromatic nitrogens is 2. The second-order valence-corrected chi connectivity index (χ2v) is 14.9. The van der Waals surface area contributed by atoms with Crippen LogP contribution in [0.5, 0.6) is 5.75 Å². The second kappa shape index (κ2) is 21.3. The zero-order valence-corrected chi connectivity index (χ0v) is 33.4. The molecule has 0 aliphatic rings. The number of carboxylic acids is 1. The highest BCUT2D eigenvalue weighted by Gasteiger charge is 2.26. The number of carboxylic acid groups (broad SMARTS) is 1. The Morgan fingerprint density at radius 3 is 2.09 bits per heavy atom. The quantitative estimate of drug-likeness (QED) is 0.0605. The number of amides is 2. The van der Waals surface area contributed by atoms with Crippen molar-refractivity contribution in [3.05, 3.63) is 144 Å². The minimum atomic E-state index is -1.06. The maximum atomic E-state index is 13.8. The smallest absolute Gasteiger partial charge is 0.305 e. The molecule has 3 aromatic carbocycles. The Morgan fingerprint density at radius 1 is 0.821 bits per heavy atom. The molecule has 2 atom stereocenters. The van der Waals surface area contributed by atoms with Gasteiger partial charge in [0.05, 0.1) is 19.1 Å². The van der Waals surface area contributed by atoms with E-state index in [1.165, 1.54) is 25.7 Å². The fourth-order valence-electron chi connectivity index (χ4n) is 6.06. The molecule has 0 aliphatic carbocycles. The summed E-state index contributed by atoms with van der Waals surface area (Å²) in [5.74, 6) is -0.662. The monoisotopic (exact) mass is 756 g/mol. The standard InChI is InChI=1S/C47H56N4O5/c1-7-9-10-11-15-28-56-40-26-22-35(23-27-40)38-31-48-44(49-32-38)34(8-2)19-18-33(3)29-42(51-45(54)37-20-24-39(25-21-37)47(4,5)6)46(55)50-41(30-43(52)53)36-16-13-12-14-17-36/h8,12-14,16-27,31-32,41-42H,3,7,9-11,15,28-30H2,1-2,4-6H3,(H,50,55)(H,51,54)(H,52,53)/b19-18-,34-8+/t41?,42-/m0/s1. The van der Waals surface area contributed by atoms with Crippen LogP contribution < -0.4 is 15.4 Å². The van der Waals surface area contributed by atoms with Crippen molar-refractivity contribution in [1.29, 1.82) is 0 Å². The first-order chi connectivity index (χ1) is 26.9. The molecule has 56 heavy (non-hydrogen) atoms. The van der Waals surface area contributed by atoms with E-state index in [0.29, 0.717) is 29.1 Å². The Bertz CT molecular complexity index is 1950. The highest BCUT2D eigenvalue weighted by molar-refractivity contribution is 5.97. The van der Waals surface area contributed by atoms with E-state index >= 15 is 0 Å². The molecule has 4 aromatic rings. The van der Waals surface area contributed by atoms with Crippen LogP contribution in [-0.4, -0.2) is 45.5 Å². The fraction of sp³-hybridized carbons (Fsp3) is 0.340. The molecule has 4 rings (SSSR count). The lowest BCUT2D eigenvalue weighted by atomic mass is 9.86. The highest BCUT2D eigenvalue weighted by atomic mass is 16.5. The van der Waals surface area contributed by atoms with E-state index in [0.717, 1.165) is 34.4 Å². The summed E-state index contributed by atoms with van der Waals surface area (Å²) in [5.41, 5.74) is 5.18. The maximum absolute atomic E-state index is 13.8. The molecule has 9 nitrogen and oxygen atoms in total. The molecule has 9 heteroatoms. The van der Waals surface area contributed by atoms with E-state index in [1.54, 1.807) is 54.9 Å². The number of ether oxygens (including phenoxy) is 1. The Hall–Kier alpha value is -5.83. The Labute approximate surface area is 332 Å². The van der Waals surface area contributed by atoms with Crippen LogP contribution >= 0.6 is 0 Å². The predicted molar refractivity (Wildman–Crippen MR) is 224 cm³/mol. The van der Waals surface area contributed by atoms with Gasteiger partial charge in [0.15, 0.2) is 5.82 Å². The number of rotatable bonds is 20. The summed E-state index contributed by atoms with van der Waals surface area (Å²) in [6, 6.07) is 22.3. The molecule has 0 fully saturated rings. The second-order valence-electron chi connectivity index (χ2n) is 14.9. The van der Waals surface area contributed by atoms with Gasteiger partial charge in [0.25, 0.3) is 5.91 Å². The van der Waals surface area contributed by atoms with Crippen LogP contribution in [-0.2, 0) is 15.0 Å². The average Bonchev–Trinajstić information content (AvgIpc) is 3.19. The van der Waals surface area contributed by atoms with Crippen molar-refractivity contribution in [2.75, 3.05) is 6.61 Å². The van der Waals surface area contributed by atoms with Gasteiger partial charge in [-0.1, -0.05) is 138 Å². The minimum absolute atomic E-state index is 0.0675. The molecule has 0 saturated carbocycles. The van der Waals surface area contributed by atoms with E-state index in [1.807, 2.05) is 61.5 Å². The normalized spacial score (nSPS) is 12.8. The zero-order chi connectivity index (χ0) is 40.5. The van der Waals surface area contributed by atoms with E-state index in [9.17, 15) is 19.5 Å². The number of hydrogen-bond acceptors (Lipinski definition) is 6. The highest BCUT2D eigenvalue weighted by Crippen LogP contribution is 2.25.